The molecule has 1 saturated heterocycles. The molecule has 3 rings (SSSR count). The molecule has 1 unspecified atom stereocenters. The summed E-state index contributed by atoms with van der Waals surface area (Å²) in [5.41, 5.74) is 0.927. The van der Waals surface area contributed by atoms with E-state index in [0.717, 1.165) is 43.6 Å². The van der Waals surface area contributed by atoms with Crippen LogP contribution >= 0.6 is 0 Å². The zero-order valence-corrected chi connectivity index (χ0v) is 12.7. The topological polar surface area (TPSA) is 30.5 Å². The van der Waals surface area contributed by atoms with Gasteiger partial charge >= 0.3 is 0 Å². The zero-order chi connectivity index (χ0) is 14.7. The van der Waals surface area contributed by atoms with Crippen molar-refractivity contribution in [3.63, 3.8) is 0 Å². The predicted molar refractivity (Wildman–Crippen MR) is 80.0 cm³/mol. The number of hydrogen-bond acceptors (Lipinski definition) is 3. The van der Waals surface area contributed by atoms with Gasteiger partial charge in [-0.2, -0.15) is 0 Å². The van der Waals surface area contributed by atoms with Gasteiger partial charge < -0.3 is 14.8 Å². The minimum Gasteiger partial charge on any atom is -0.490 e. The van der Waals surface area contributed by atoms with E-state index in [-0.39, 0.29) is 17.5 Å². The van der Waals surface area contributed by atoms with Crippen LogP contribution in [0.3, 0.4) is 0 Å². The average Bonchev–Trinajstić information content (AvgIpc) is 2.90. The van der Waals surface area contributed by atoms with E-state index in [4.69, 9.17) is 9.47 Å². The van der Waals surface area contributed by atoms with Crippen LogP contribution in [-0.2, 0) is 11.3 Å². The van der Waals surface area contributed by atoms with Crippen molar-refractivity contribution in [2.45, 2.75) is 56.8 Å². The van der Waals surface area contributed by atoms with Gasteiger partial charge in [0, 0.05) is 24.9 Å². The molecule has 0 radical (unpaired) electrons. The van der Waals surface area contributed by atoms with Crippen LogP contribution in [0.5, 0.6) is 5.75 Å². The molecule has 2 fully saturated rings. The molecule has 4 heteroatoms. The van der Waals surface area contributed by atoms with E-state index in [1.165, 1.54) is 18.9 Å². The second-order valence-electron chi connectivity index (χ2n) is 6.25. The van der Waals surface area contributed by atoms with Crippen LogP contribution in [0, 0.1) is 5.82 Å². The zero-order valence-electron chi connectivity index (χ0n) is 12.7. The molecule has 3 nitrogen and oxygen atoms in total. The summed E-state index contributed by atoms with van der Waals surface area (Å²) in [4.78, 5) is 0. The molecular weight excluding hydrogens is 269 g/mol. The number of ether oxygens (including phenoxy) is 2. The SMILES string of the molecule is CNCc1cc(F)ccc1OC1CCOC2(CCCC2)C1. The average molecular weight is 293 g/mol. The Labute approximate surface area is 125 Å². The van der Waals surface area contributed by atoms with Crippen LogP contribution in [0.15, 0.2) is 18.2 Å². The molecule has 1 N–H and O–H groups in total. The molecule has 116 valence electrons. The van der Waals surface area contributed by atoms with Gasteiger partial charge in [-0.15, -0.1) is 0 Å². The molecule has 2 aliphatic rings. The van der Waals surface area contributed by atoms with Crippen molar-refractivity contribution in [3.8, 4) is 5.75 Å². The number of nitrogens with one attached hydrogen (secondary N) is 1. The lowest BCUT2D eigenvalue weighted by Gasteiger charge is -2.38. The first kappa shape index (κ1) is 14.8. The number of halogens is 1. The Bertz CT molecular complexity index is 486. The summed E-state index contributed by atoms with van der Waals surface area (Å²) < 4.78 is 25.6. The Morgan fingerprint density at radius 1 is 1.38 bits per heavy atom. The van der Waals surface area contributed by atoms with Crippen molar-refractivity contribution in [2.24, 2.45) is 0 Å². The molecule has 1 saturated carbocycles. The second kappa shape index (κ2) is 6.32. The quantitative estimate of drug-likeness (QED) is 0.922. The smallest absolute Gasteiger partial charge is 0.124 e. The molecule has 1 aliphatic heterocycles. The molecule has 0 amide bonds. The first-order chi connectivity index (χ1) is 10.2. The maximum absolute atomic E-state index is 13.4. The van der Waals surface area contributed by atoms with Crippen molar-refractivity contribution < 1.29 is 13.9 Å². The fourth-order valence-corrected chi connectivity index (χ4v) is 3.62. The largest absolute Gasteiger partial charge is 0.490 e. The van der Waals surface area contributed by atoms with Gasteiger partial charge in [-0.05, 0) is 38.1 Å². The van der Waals surface area contributed by atoms with E-state index in [2.05, 4.69) is 5.32 Å². The maximum Gasteiger partial charge on any atom is 0.124 e. The highest BCUT2D eigenvalue weighted by atomic mass is 19.1. The molecular formula is C17H24FNO2. The minimum atomic E-state index is -0.216. The van der Waals surface area contributed by atoms with E-state index >= 15 is 0 Å². The van der Waals surface area contributed by atoms with E-state index in [9.17, 15) is 4.39 Å². The highest BCUT2D eigenvalue weighted by Gasteiger charge is 2.40. The van der Waals surface area contributed by atoms with Gasteiger partial charge in [0.05, 0.1) is 12.2 Å². The Morgan fingerprint density at radius 2 is 2.19 bits per heavy atom. The third-order valence-electron chi connectivity index (χ3n) is 4.65. The van der Waals surface area contributed by atoms with E-state index in [1.807, 2.05) is 7.05 Å². The Hall–Kier alpha value is -1.13. The van der Waals surface area contributed by atoms with Gasteiger partial charge in [-0.25, -0.2) is 4.39 Å². The lowest BCUT2D eigenvalue weighted by atomic mass is 9.90. The lowest BCUT2D eigenvalue weighted by molar-refractivity contribution is -0.108. The lowest BCUT2D eigenvalue weighted by Crippen LogP contribution is -2.41. The van der Waals surface area contributed by atoms with E-state index < -0.39 is 0 Å². The van der Waals surface area contributed by atoms with E-state index in [0.29, 0.717) is 6.54 Å². The summed E-state index contributed by atoms with van der Waals surface area (Å²) in [6, 6.07) is 4.77. The van der Waals surface area contributed by atoms with Crippen molar-refractivity contribution in [1.82, 2.24) is 5.32 Å². The first-order valence-corrected chi connectivity index (χ1v) is 7.94. The summed E-state index contributed by atoms with van der Waals surface area (Å²) in [6.45, 7) is 1.38. The highest BCUT2D eigenvalue weighted by molar-refractivity contribution is 5.34. The van der Waals surface area contributed by atoms with Crippen LogP contribution < -0.4 is 10.1 Å². The third kappa shape index (κ3) is 3.38. The highest BCUT2D eigenvalue weighted by Crippen LogP contribution is 2.41. The van der Waals surface area contributed by atoms with Gasteiger partial charge in [0.25, 0.3) is 0 Å². The molecule has 1 aromatic rings. The molecule has 0 bridgehead atoms. The molecule has 1 aromatic carbocycles. The van der Waals surface area contributed by atoms with Crippen LogP contribution in [-0.4, -0.2) is 25.4 Å². The van der Waals surface area contributed by atoms with Crippen molar-refractivity contribution in [2.75, 3.05) is 13.7 Å². The predicted octanol–water partition coefficient (Wildman–Crippen LogP) is 3.42. The molecule has 1 spiro atoms. The summed E-state index contributed by atoms with van der Waals surface area (Å²) in [5.74, 6) is 0.581. The molecule has 1 atom stereocenters. The van der Waals surface area contributed by atoms with Crippen LogP contribution in [0.1, 0.15) is 44.1 Å². The van der Waals surface area contributed by atoms with Crippen LogP contribution in [0.2, 0.25) is 0 Å². The third-order valence-corrected chi connectivity index (χ3v) is 4.65. The Kier molecular flexibility index (Phi) is 4.45. The summed E-state index contributed by atoms with van der Waals surface area (Å²) in [7, 11) is 1.86. The number of benzene rings is 1. The van der Waals surface area contributed by atoms with Crippen LogP contribution in [0.25, 0.3) is 0 Å². The summed E-state index contributed by atoms with van der Waals surface area (Å²) in [5, 5.41) is 3.07. The van der Waals surface area contributed by atoms with Gasteiger partial charge in [0.1, 0.15) is 17.7 Å². The van der Waals surface area contributed by atoms with E-state index in [1.54, 1.807) is 12.1 Å². The minimum absolute atomic E-state index is 0.0477. The van der Waals surface area contributed by atoms with Crippen molar-refractivity contribution in [3.05, 3.63) is 29.6 Å². The van der Waals surface area contributed by atoms with Crippen molar-refractivity contribution in [1.29, 1.82) is 0 Å². The monoisotopic (exact) mass is 293 g/mol. The van der Waals surface area contributed by atoms with Gasteiger partial charge in [0.15, 0.2) is 0 Å². The van der Waals surface area contributed by atoms with Crippen molar-refractivity contribution >= 4 is 0 Å². The van der Waals surface area contributed by atoms with Gasteiger partial charge in [-0.1, -0.05) is 12.8 Å². The molecule has 0 aromatic heterocycles. The normalized spacial score (nSPS) is 24.4. The van der Waals surface area contributed by atoms with Crippen LogP contribution in [0.4, 0.5) is 4.39 Å². The summed E-state index contributed by atoms with van der Waals surface area (Å²) >= 11 is 0. The first-order valence-electron chi connectivity index (χ1n) is 7.94. The van der Waals surface area contributed by atoms with Gasteiger partial charge in [0.2, 0.25) is 0 Å². The molecule has 1 heterocycles. The second-order valence-corrected chi connectivity index (χ2v) is 6.25. The standard InChI is InChI=1S/C17H24FNO2/c1-19-12-13-10-14(18)4-5-16(13)21-15-6-9-20-17(11-15)7-2-3-8-17/h4-5,10,15,19H,2-3,6-9,11-12H2,1H3. The summed E-state index contributed by atoms with van der Waals surface area (Å²) in [6.07, 6.45) is 6.88. The number of hydrogen-bond donors (Lipinski definition) is 1. The number of rotatable bonds is 4. The Balaban J connectivity index is 1.71. The molecule has 21 heavy (non-hydrogen) atoms. The Morgan fingerprint density at radius 3 is 2.95 bits per heavy atom. The maximum atomic E-state index is 13.4. The fourth-order valence-electron chi connectivity index (χ4n) is 3.62. The fraction of sp³-hybridized carbons (Fsp3) is 0.647. The van der Waals surface area contributed by atoms with Gasteiger partial charge in [-0.3, -0.25) is 0 Å². The molecule has 1 aliphatic carbocycles.